The van der Waals surface area contributed by atoms with Crippen LogP contribution >= 0.6 is 0 Å². The lowest BCUT2D eigenvalue weighted by Crippen LogP contribution is -2.28. The highest BCUT2D eigenvalue weighted by atomic mass is 15.2. The molecule has 0 amide bonds. The number of benzene rings is 4. The lowest BCUT2D eigenvalue weighted by molar-refractivity contribution is 1.10. The average molecular weight is 685 g/mol. The summed E-state index contributed by atoms with van der Waals surface area (Å²) in [5.41, 5.74) is 7.41. The van der Waals surface area contributed by atoms with Crippen LogP contribution in [0.3, 0.4) is 0 Å². The topological polar surface area (TPSA) is 104 Å². The van der Waals surface area contributed by atoms with Crippen molar-refractivity contribution in [3.63, 3.8) is 0 Å². The molecule has 4 aromatic carbocycles. The third-order valence-corrected chi connectivity index (χ3v) is 7.19. The van der Waals surface area contributed by atoms with Crippen LogP contribution in [0.2, 0.25) is 0 Å². The maximum atomic E-state index is 9.86. The number of nitrogens with zero attached hydrogens (tertiary/aromatic N) is 8. The largest absolute Gasteiger partial charge is 0.241 e. The van der Waals surface area contributed by atoms with Crippen LogP contribution in [0.4, 0.5) is 0 Å². The lowest BCUT2D eigenvalue weighted by Gasteiger charge is -2.22. The van der Waals surface area contributed by atoms with Gasteiger partial charge < -0.3 is 0 Å². The maximum absolute atomic E-state index is 9.86. The van der Waals surface area contributed by atoms with Gasteiger partial charge in [0.15, 0.2) is 0 Å². The molecule has 2 heterocycles. The van der Waals surface area contributed by atoms with Gasteiger partial charge in [-0.05, 0) is 0 Å². The number of rotatable bonds is 4. The van der Waals surface area contributed by atoms with Gasteiger partial charge >= 0.3 is 0 Å². The second-order valence-electron chi connectivity index (χ2n) is 9.81. The molecule has 0 saturated carbocycles. The number of fused-ring (bicyclic) bond motifs is 2. The highest BCUT2D eigenvalue weighted by Gasteiger charge is 2.37. The molecular formula is C44H44N8. The fraction of sp³-hybridized carbons (Fsp3) is 0.182. The molecule has 0 spiro atoms. The van der Waals surface area contributed by atoms with Crippen molar-refractivity contribution in [1.29, 1.82) is 5.26 Å². The van der Waals surface area contributed by atoms with Crippen LogP contribution < -0.4 is 0 Å². The molecule has 52 heavy (non-hydrogen) atoms. The van der Waals surface area contributed by atoms with Crippen molar-refractivity contribution in [1.82, 2.24) is 19.9 Å². The average Bonchev–Trinajstić information content (AvgIpc) is 3.25. The molecule has 0 N–H and O–H groups in total. The van der Waals surface area contributed by atoms with Crippen molar-refractivity contribution in [3.8, 4) is 51.2 Å². The Kier molecular flexibility index (Phi) is 15.9. The van der Waals surface area contributed by atoms with E-state index in [0.29, 0.717) is 45.6 Å². The van der Waals surface area contributed by atoms with E-state index in [2.05, 4.69) is 15.0 Å². The fourth-order valence-corrected chi connectivity index (χ4v) is 5.25. The van der Waals surface area contributed by atoms with Crippen molar-refractivity contribution in [3.05, 3.63) is 156 Å². The third-order valence-electron chi connectivity index (χ3n) is 7.19. The fourth-order valence-electron chi connectivity index (χ4n) is 5.25. The van der Waals surface area contributed by atoms with Gasteiger partial charge in [0.05, 0.1) is 27.9 Å². The summed E-state index contributed by atoms with van der Waals surface area (Å²) in [6.07, 6.45) is 1.93. The Morgan fingerprint density at radius 2 is 0.673 bits per heavy atom. The van der Waals surface area contributed by atoms with E-state index in [1.54, 1.807) is 0 Å². The summed E-state index contributed by atoms with van der Waals surface area (Å²) in [7, 11) is 0. The Bertz CT molecular complexity index is 1870. The van der Waals surface area contributed by atoms with Crippen molar-refractivity contribution >= 4 is 11.4 Å². The van der Waals surface area contributed by atoms with E-state index in [1.807, 2.05) is 183 Å². The first-order valence-corrected chi connectivity index (χ1v) is 17.7. The van der Waals surface area contributed by atoms with Crippen LogP contribution in [-0.4, -0.2) is 31.4 Å². The van der Waals surface area contributed by atoms with Gasteiger partial charge in [-0.25, -0.2) is 19.9 Å². The molecule has 0 atom stereocenters. The molecule has 260 valence electrons. The highest BCUT2D eigenvalue weighted by Crippen LogP contribution is 2.36. The van der Waals surface area contributed by atoms with Gasteiger partial charge in [0, 0.05) is 22.3 Å². The standard InChI is InChI=1S/C36H20N8.4C2H6/c1-38-44-36-34-32(40-27(23-14-6-2-7-15-23)29(42-34)25-18-10-4-11-19-25)31(39-22-37)33-35(36)43-30(26-20-12-5-13-21-26)28(41-33)24-16-8-3-9-17-24;4*1-2/h2-21H;4*1-2H3. The molecule has 8 heteroatoms. The van der Waals surface area contributed by atoms with Crippen LogP contribution in [0, 0.1) is 18.0 Å². The second kappa shape index (κ2) is 20.8. The monoisotopic (exact) mass is 684 g/mol. The smallest absolute Gasteiger partial charge is 0.206 e. The first-order valence-electron chi connectivity index (χ1n) is 17.7. The number of hydrogen-bond donors (Lipinski definition) is 0. The quantitative estimate of drug-likeness (QED) is 0.104. The van der Waals surface area contributed by atoms with Crippen molar-refractivity contribution in [2.75, 3.05) is 0 Å². The van der Waals surface area contributed by atoms with E-state index in [1.165, 1.54) is 0 Å². The third kappa shape index (κ3) is 8.56. The van der Waals surface area contributed by atoms with Gasteiger partial charge in [0.25, 0.3) is 0 Å². The molecule has 1 aliphatic rings. The summed E-state index contributed by atoms with van der Waals surface area (Å²) in [6.45, 7) is 23.7. The molecule has 0 fully saturated rings. The molecule has 0 aliphatic heterocycles. The molecule has 1 aliphatic carbocycles. The molecular weight excluding hydrogens is 641 g/mol. The number of nitriles is 1. The normalized spacial score (nSPS) is 10.2. The molecule has 0 saturated heterocycles. The molecule has 0 bridgehead atoms. The summed E-state index contributed by atoms with van der Waals surface area (Å²) in [5.74, 6) is 0. The molecule has 7 rings (SSSR count). The van der Waals surface area contributed by atoms with E-state index < -0.39 is 0 Å². The zero-order valence-electron chi connectivity index (χ0n) is 31.1. The van der Waals surface area contributed by atoms with E-state index >= 15 is 0 Å². The first kappa shape index (κ1) is 39.8. The predicted molar refractivity (Wildman–Crippen MR) is 215 cm³/mol. The van der Waals surface area contributed by atoms with Crippen LogP contribution in [0.5, 0.6) is 0 Å². The van der Waals surface area contributed by atoms with Gasteiger partial charge in [-0.15, -0.1) is 4.95 Å². The minimum absolute atomic E-state index is 0.218. The summed E-state index contributed by atoms with van der Waals surface area (Å²) in [5, 5.41) is 14.1. The molecule has 0 radical (unpaired) electrons. The minimum atomic E-state index is 0.218. The van der Waals surface area contributed by atoms with Gasteiger partial charge in [0.1, 0.15) is 28.5 Å². The second-order valence-corrected chi connectivity index (χ2v) is 9.81. The first-order chi connectivity index (χ1) is 25.8. The van der Waals surface area contributed by atoms with Crippen LogP contribution in [0.1, 0.15) is 78.2 Å². The maximum Gasteiger partial charge on any atom is 0.206 e. The van der Waals surface area contributed by atoms with Gasteiger partial charge in [-0.3, -0.25) is 0 Å². The van der Waals surface area contributed by atoms with Crippen molar-refractivity contribution in [2.45, 2.75) is 55.4 Å². The SMILES string of the molecule is CC.CC.CC.CC.[C-]#[N+]N=C1c2nc(-c3ccccc3)c(-c3ccccc3)nc2C(=NC#N)c2nc(-c3ccccc3)c(-c3ccccc3)nc21. The van der Waals surface area contributed by atoms with Crippen molar-refractivity contribution < 1.29 is 0 Å². The number of aromatic nitrogens is 4. The van der Waals surface area contributed by atoms with E-state index in [9.17, 15) is 5.26 Å². The zero-order chi connectivity index (χ0) is 37.9. The highest BCUT2D eigenvalue weighted by molar-refractivity contribution is 6.29. The number of aliphatic imine (C=N–C) groups is 1. The van der Waals surface area contributed by atoms with Crippen LogP contribution in [0.25, 0.3) is 50.0 Å². The van der Waals surface area contributed by atoms with E-state index in [-0.39, 0.29) is 11.4 Å². The Morgan fingerprint density at radius 3 is 0.904 bits per heavy atom. The number of hydrogen-bond acceptors (Lipinski definition) is 7. The lowest BCUT2D eigenvalue weighted by atomic mass is 9.92. The Hall–Kier alpha value is -6.64. The molecule has 0 unspecified atom stereocenters. The predicted octanol–water partition coefficient (Wildman–Crippen LogP) is 11.3. The molecule has 8 nitrogen and oxygen atoms in total. The van der Waals surface area contributed by atoms with Gasteiger partial charge in [-0.2, -0.15) is 16.8 Å². The van der Waals surface area contributed by atoms with E-state index in [4.69, 9.17) is 26.5 Å². The minimum Gasteiger partial charge on any atom is -0.241 e. The summed E-state index contributed by atoms with van der Waals surface area (Å²) >= 11 is 0. The van der Waals surface area contributed by atoms with Crippen LogP contribution in [0.15, 0.2) is 131 Å². The molecule has 6 aromatic rings. The summed E-state index contributed by atoms with van der Waals surface area (Å²) < 4.78 is 0. The Labute approximate surface area is 308 Å². The summed E-state index contributed by atoms with van der Waals surface area (Å²) in [6, 6.07) is 38.8. The van der Waals surface area contributed by atoms with Gasteiger partial charge in [0.2, 0.25) is 11.9 Å². The zero-order valence-corrected chi connectivity index (χ0v) is 31.1. The summed E-state index contributed by atoms with van der Waals surface area (Å²) in [4.78, 5) is 27.9. The van der Waals surface area contributed by atoms with Crippen molar-refractivity contribution in [2.24, 2.45) is 10.1 Å². The molecule has 2 aromatic heterocycles. The van der Waals surface area contributed by atoms with E-state index in [0.717, 1.165) is 22.3 Å². The van der Waals surface area contributed by atoms with Crippen LogP contribution in [-0.2, 0) is 0 Å². The Balaban J connectivity index is 0.000000855. The van der Waals surface area contributed by atoms with Gasteiger partial charge in [-0.1, -0.05) is 177 Å². The Morgan fingerprint density at radius 1 is 0.423 bits per heavy atom.